The Morgan fingerprint density at radius 1 is 0.500 bits per heavy atom. The van der Waals surface area contributed by atoms with E-state index in [2.05, 4.69) is 60.8 Å². The summed E-state index contributed by atoms with van der Waals surface area (Å²) in [5.41, 5.74) is 8.99. The third-order valence-corrected chi connectivity index (χ3v) is 10.3. The number of carbonyl (C=O) groups is 3. The third-order valence-electron chi connectivity index (χ3n) is 10.3. The molecule has 0 aliphatic rings. The predicted molar refractivity (Wildman–Crippen MR) is 277 cm³/mol. The first-order chi connectivity index (χ1) is 35.0. The van der Waals surface area contributed by atoms with Crippen LogP contribution in [0.5, 0.6) is 11.6 Å². The zero-order valence-electron chi connectivity index (χ0n) is 40.1. The van der Waals surface area contributed by atoms with E-state index in [-0.39, 0.29) is 17.7 Å². The van der Waals surface area contributed by atoms with Crippen molar-refractivity contribution in [2.75, 3.05) is 39.3 Å². The Morgan fingerprint density at radius 2 is 1.00 bits per heavy atom. The van der Waals surface area contributed by atoms with Gasteiger partial charge in [-0.3, -0.25) is 19.4 Å². The van der Waals surface area contributed by atoms with Gasteiger partial charge in [-0.05, 0) is 82.3 Å². The smallest absolute Gasteiger partial charge is 0.256 e. The number of aryl methyl sites for hydroxylation is 3. The monoisotopic (exact) mass is 958 g/mol. The van der Waals surface area contributed by atoms with E-state index in [1.54, 1.807) is 85.8 Å². The molecule has 0 bridgehead atoms. The molecule has 360 valence electrons. The quantitative estimate of drug-likeness (QED) is 0.0979. The number of amides is 3. The van der Waals surface area contributed by atoms with Gasteiger partial charge in [-0.15, -0.1) is 0 Å². The minimum absolute atomic E-state index is 0.159. The molecular weight excluding hydrogens is 909 g/mol. The van der Waals surface area contributed by atoms with Gasteiger partial charge in [-0.1, -0.05) is 59.2 Å². The maximum atomic E-state index is 12.4. The van der Waals surface area contributed by atoms with Crippen molar-refractivity contribution in [1.82, 2.24) is 44.9 Å². The Labute approximate surface area is 416 Å². The number of ether oxygens (including phenoxy) is 1. The minimum Gasteiger partial charge on any atom is -0.436 e. The topological polar surface area (TPSA) is 219 Å². The van der Waals surface area contributed by atoms with Gasteiger partial charge in [0.1, 0.15) is 30.6 Å². The van der Waals surface area contributed by atoms with E-state index in [9.17, 15) is 14.4 Å². The van der Waals surface area contributed by atoms with Gasteiger partial charge in [0, 0.05) is 54.3 Å². The summed E-state index contributed by atoms with van der Waals surface area (Å²) in [6, 6.07) is 32.9. The van der Waals surface area contributed by atoms with Crippen LogP contribution in [-0.2, 0) is 0 Å². The first-order valence-electron chi connectivity index (χ1n) is 22.5. The highest BCUT2D eigenvalue weighted by atomic mass is 16.5. The zero-order valence-corrected chi connectivity index (χ0v) is 40.1. The van der Waals surface area contributed by atoms with Crippen LogP contribution in [0.4, 0.5) is 40.1 Å². The lowest BCUT2D eigenvalue weighted by Gasteiger charge is -2.22. The Morgan fingerprint density at radius 3 is 1.56 bits per heavy atom. The molecule has 18 nitrogen and oxygen atoms in total. The predicted octanol–water partition coefficient (Wildman–Crippen LogP) is 10.0. The van der Waals surface area contributed by atoms with Gasteiger partial charge in [0.15, 0.2) is 5.75 Å². The van der Waals surface area contributed by atoms with Gasteiger partial charge in [0.2, 0.25) is 5.88 Å². The number of nitrogens with one attached hydrogen (secondary N) is 3. The number of pyridine rings is 3. The van der Waals surface area contributed by atoms with Crippen LogP contribution < -0.4 is 30.5 Å². The zero-order chi connectivity index (χ0) is 50.7. The van der Waals surface area contributed by atoms with Crippen molar-refractivity contribution in [1.29, 1.82) is 0 Å². The number of anilines is 7. The second-order valence-electron chi connectivity index (χ2n) is 15.8. The van der Waals surface area contributed by atoms with Gasteiger partial charge in [-0.2, -0.15) is 4.98 Å². The van der Waals surface area contributed by atoms with Crippen LogP contribution in [0.25, 0.3) is 0 Å². The molecular formula is C54H50N14O4. The fourth-order valence-corrected chi connectivity index (χ4v) is 6.84. The molecule has 0 atom stereocenters. The molecule has 6 heterocycles. The maximum Gasteiger partial charge on any atom is 0.256 e. The van der Waals surface area contributed by atoms with Crippen molar-refractivity contribution in [3.8, 4) is 11.6 Å². The second kappa shape index (κ2) is 25.0. The molecule has 0 unspecified atom stereocenters. The molecule has 0 aliphatic carbocycles. The van der Waals surface area contributed by atoms with Crippen LogP contribution in [0.2, 0.25) is 0 Å². The first-order valence-corrected chi connectivity index (χ1v) is 22.5. The SMILES string of the molecule is CCN(c1cncnc1)c1cncc(NC(=O)c2cccc(C)c2)c1.Cc1cccc(C(=O)Nc2cc(N(C)c3cncnc3)ccn2)c1.Cc1cccc(C(=O)Nc2cccc(Oc3cncnc3)n2)c1. The molecule has 0 radical (unpaired) electrons. The average molecular weight is 959 g/mol. The summed E-state index contributed by atoms with van der Waals surface area (Å²) in [4.78, 5) is 77.5. The standard InChI is InChI=1S/C19H19N5O.C18H17N5O.C17H14N4O2/c1-3-24(18-11-21-13-22-12-18)17-8-16(9-20-10-17)23-19(25)15-6-4-5-14(2)7-15;1-13-4-3-5-14(8-13)18(24)22-17-9-15(6-7-21-17)23(2)16-10-19-12-20-11-16;1-12-4-2-5-13(8-12)17(22)21-15-6-3-7-16(20-15)23-14-9-18-11-19-10-14/h4-13H,3H2,1-2H3,(H,23,25);3-12H,1-2H3,(H,21,22,24);2-11H,1H3,(H,20,21,22). The maximum absolute atomic E-state index is 12.4. The summed E-state index contributed by atoms with van der Waals surface area (Å²) in [7, 11) is 1.90. The lowest BCUT2D eigenvalue weighted by molar-refractivity contribution is 0.101. The van der Waals surface area contributed by atoms with E-state index in [1.807, 2.05) is 111 Å². The van der Waals surface area contributed by atoms with Crippen LogP contribution >= 0.6 is 0 Å². The van der Waals surface area contributed by atoms with Crippen molar-refractivity contribution in [2.45, 2.75) is 27.7 Å². The molecule has 3 aromatic carbocycles. The number of nitrogens with zero attached hydrogens (tertiary/aromatic N) is 11. The number of benzene rings is 3. The highest BCUT2D eigenvalue weighted by Crippen LogP contribution is 2.27. The van der Waals surface area contributed by atoms with Crippen molar-refractivity contribution in [2.24, 2.45) is 0 Å². The van der Waals surface area contributed by atoms with E-state index in [4.69, 9.17) is 4.74 Å². The number of hydrogen-bond acceptors (Lipinski definition) is 15. The molecule has 0 spiro atoms. The molecule has 0 saturated carbocycles. The first kappa shape index (κ1) is 50.0. The average Bonchev–Trinajstić information content (AvgIpc) is 3.40. The van der Waals surface area contributed by atoms with Gasteiger partial charge >= 0.3 is 0 Å². The Bertz CT molecular complexity index is 3220. The lowest BCUT2D eigenvalue weighted by Crippen LogP contribution is -2.17. The number of aromatic nitrogens is 9. The van der Waals surface area contributed by atoms with Gasteiger partial charge in [0.25, 0.3) is 17.7 Å². The van der Waals surface area contributed by atoms with Gasteiger partial charge < -0.3 is 30.5 Å². The summed E-state index contributed by atoms with van der Waals surface area (Å²) >= 11 is 0. The van der Waals surface area contributed by atoms with Crippen LogP contribution in [0, 0.1) is 20.8 Å². The summed E-state index contributed by atoms with van der Waals surface area (Å²) in [5, 5.41) is 8.47. The van der Waals surface area contributed by atoms with E-state index in [0.29, 0.717) is 45.6 Å². The lowest BCUT2D eigenvalue weighted by atomic mass is 10.1. The number of rotatable bonds is 13. The van der Waals surface area contributed by atoms with Crippen molar-refractivity contribution in [3.63, 3.8) is 0 Å². The van der Waals surface area contributed by atoms with E-state index >= 15 is 0 Å². The molecule has 72 heavy (non-hydrogen) atoms. The summed E-state index contributed by atoms with van der Waals surface area (Å²) in [5.74, 6) is 1.15. The third kappa shape index (κ3) is 14.6. The van der Waals surface area contributed by atoms with Crippen LogP contribution in [0.1, 0.15) is 54.7 Å². The van der Waals surface area contributed by atoms with E-state index in [1.165, 1.54) is 31.4 Å². The molecule has 3 N–H and O–H groups in total. The molecule has 0 fully saturated rings. The van der Waals surface area contributed by atoms with Crippen molar-refractivity contribution in [3.05, 3.63) is 217 Å². The van der Waals surface area contributed by atoms with E-state index < -0.39 is 0 Å². The second-order valence-corrected chi connectivity index (χ2v) is 15.8. The molecule has 9 aromatic rings. The highest BCUT2D eigenvalue weighted by Gasteiger charge is 2.13. The van der Waals surface area contributed by atoms with Gasteiger partial charge in [0.05, 0.1) is 72.3 Å². The van der Waals surface area contributed by atoms with E-state index in [0.717, 1.165) is 46.0 Å². The number of hydrogen-bond donors (Lipinski definition) is 3. The van der Waals surface area contributed by atoms with Gasteiger partial charge in [-0.25, -0.2) is 34.9 Å². The molecule has 0 aliphatic heterocycles. The molecule has 18 heteroatoms. The molecule has 6 aromatic heterocycles. The number of carbonyl (C=O) groups excluding carboxylic acids is 3. The molecule has 3 amide bonds. The fraction of sp³-hybridized carbons (Fsp3) is 0.111. The van der Waals surface area contributed by atoms with Crippen molar-refractivity contribution < 1.29 is 19.1 Å². The van der Waals surface area contributed by atoms with Crippen LogP contribution in [0.15, 0.2) is 184 Å². The minimum atomic E-state index is -0.221. The van der Waals surface area contributed by atoms with Crippen LogP contribution in [0.3, 0.4) is 0 Å². The fourth-order valence-electron chi connectivity index (χ4n) is 6.84. The Kier molecular flexibility index (Phi) is 17.4. The highest BCUT2D eigenvalue weighted by molar-refractivity contribution is 6.05. The normalized spacial score (nSPS) is 10.2. The summed E-state index contributed by atoms with van der Waals surface area (Å²) in [6.45, 7) is 8.60. The Hall–Kier alpha value is -9.84. The van der Waals surface area contributed by atoms with Crippen LogP contribution in [-0.4, -0.2) is 76.2 Å². The summed E-state index contributed by atoms with van der Waals surface area (Å²) < 4.78 is 5.54. The largest absolute Gasteiger partial charge is 0.436 e. The molecule has 0 saturated heterocycles. The summed E-state index contributed by atoms with van der Waals surface area (Å²) in [6.07, 6.45) is 19.4. The van der Waals surface area contributed by atoms with Crippen molar-refractivity contribution >= 4 is 57.8 Å². The Balaban J connectivity index is 0.000000159. The molecule has 9 rings (SSSR count).